The lowest BCUT2D eigenvalue weighted by Gasteiger charge is -2.24. The number of methoxy groups -OCH3 is 2. The molecule has 0 saturated carbocycles. The number of amides is 2. The molecule has 1 aliphatic rings. The van der Waals surface area contributed by atoms with Crippen LogP contribution >= 0.6 is 11.8 Å². The number of benzene rings is 3. The van der Waals surface area contributed by atoms with Gasteiger partial charge in [-0.05, 0) is 55.7 Å². The van der Waals surface area contributed by atoms with Crippen molar-refractivity contribution in [3.8, 4) is 28.4 Å². The molecule has 1 aliphatic heterocycles. The quantitative estimate of drug-likeness (QED) is 0.262. The zero-order valence-electron chi connectivity index (χ0n) is 24.6. The fraction of sp³-hybridized carbons (Fsp3) is 0.303. The first-order chi connectivity index (χ1) is 20.3. The van der Waals surface area contributed by atoms with Crippen LogP contribution < -0.4 is 19.7 Å². The minimum absolute atomic E-state index is 0.00509. The summed E-state index contributed by atoms with van der Waals surface area (Å²) in [4.78, 5) is 28.8. The second-order valence-electron chi connectivity index (χ2n) is 10.4. The molecule has 1 aromatic heterocycles. The number of aryl methyl sites for hydroxylation is 1. The maximum absolute atomic E-state index is 13.9. The van der Waals surface area contributed by atoms with Gasteiger partial charge in [-0.3, -0.25) is 14.5 Å². The van der Waals surface area contributed by atoms with Crippen LogP contribution in [0.25, 0.3) is 16.9 Å². The number of anilines is 1. The highest BCUT2D eigenvalue weighted by Gasteiger charge is 2.38. The topological polar surface area (TPSA) is 85.7 Å². The van der Waals surface area contributed by atoms with Crippen LogP contribution in [0.3, 0.4) is 0 Å². The van der Waals surface area contributed by atoms with Crippen LogP contribution in [0.2, 0.25) is 0 Å². The number of carbonyl (C=O) groups excluding carboxylic acids is 2. The minimum Gasteiger partial charge on any atom is -0.493 e. The Morgan fingerprint density at radius 2 is 1.81 bits per heavy atom. The summed E-state index contributed by atoms with van der Waals surface area (Å²) in [6.07, 6.45) is 0.793. The molecular formula is C33H36N4O4S. The Balaban J connectivity index is 1.79. The van der Waals surface area contributed by atoms with Gasteiger partial charge in [0.15, 0.2) is 11.5 Å². The van der Waals surface area contributed by atoms with E-state index < -0.39 is 0 Å². The molecule has 4 aromatic rings. The Morgan fingerprint density at radius 3 is 2.50 bits per heavy atom. The van der Waals surface area contributed by atoms with Crippen molar-refractivity contribution in [3.05, 3.63) is 89.5 Å². The average Bonchev–Trinajstić information content (AvgIpc) is 3.33. The number of aromatic nitrogens is 2. The smallest absolute Gasteiger partial charge is 0.240 e. The molecule has 0 fully saturated rings. The lowest BCUT2D eigenvalue weighted by Crippen LogP contribution is -2.44. The van der Waals surface area contributed by atoms with Gasteiger partial charge in [-0.15, -0.1) is 11.8 Å². The van der Waals surface area contributed by atoms with E-state index in [9.17, 15) is 9.59 Å². The molecular weight excluding hydrogens is 548 g/mol. The molecule has 0 saturated heterocycles. The van der Waals surface area contributed by atoms with E-state index in [1.807, 2.05) is 98.2 Å². The van der Waals surface area contributed by atoms with Crippen molar-refractivity contribution in [3.63, 3.8) is 0 Å². The molecule has 0 spiro atoms. The third kappa shape index (κ3) is 5.87. The molecule has 1 N–H and O–H groups in total. The first kappa shape index (κ1) is 29.3. The molecule has 3 aromatic carbocycles. The molecule has 42 heavy (non-hydrogen) atoms. The number of fused-ring (bicyclic) bond motifs is 1. The molecule has 5 rings (SSSR count). The number of rotatable bonds is 9. The average molecular weight is 585 g/mol. The van der Waals surface area contributed by atoms with Crippen molar-refractivity contribution in [1.82, 2.24) is 15.1 Å². The van der Waals surface area contributed by atoms with E-state index in [2.05, 4.69) is 5.32 Å². The van der Waals surface area contributed by atoms with E-state index in [-0.39, 0.29) is 35.4 Å². The van der Waals surface area contributed by atoms with Gasteiger partial charge in [0.25, 0.3) is 0 Å². The predicted molar refractivity (Wildman–Crippen MR) is 168 cm³/mol. The number of thioether (sulfide) groups is 1. The molecule has 2 heterocycles. The Bertz CT molecular complexity index is 1590. The highest BCUT2D eigenvalue weighted by Crippen LogP contribution is 2.49. The lowest BCUT2D eigenvalue weighted by molar-refractivity contribution is -0.123. The van der Waals surface area contributed by atoms with Crippen molar-refractivity contribution in [2.75, 3.05) is 31.4 Å². The zero-order chi connectivity index (χ0) is 29.8. The summed E-state index contributed by atoms with van der Waals surface area (Å²) in [5, 5.41) is 7.91. The number of carbonyl (C=O) groups is 2. The predicted octanol–water partition coefficient (Wildman–Crippen LogP) is 5.95. The summed E-state index contributed by atoms with van der Waals surface area (Å²) in [6.45, 7) is 5.89. The van der Waals surface area contributed by atoms with Crippen LogP contribution in [-0.2, 0) is 9.59 Å². The van der Waals surface area contributed by atoms with Gasteiger partial charge in [-0.25, -0.2) is 4.68 Å². The Hall–Kier alpha value is -4.24. The van der Waals surface area contributed by atoms with Gasteiger partial charge in [0.1, 0.15) is 12.4 Å². The van der Waals surface area contributed by atoms with Gasteiger partial charge in [-0.1, -0.05) is 55.5 Å². The molecule has 218 valence electrons. The maximum atomic E-state index is 13.9. The van der Waals surface area contributed by atoms with E-state index in [1.165, 1.54) is 11.8 Å². The van der Waals surface area contributed by atoms with Gasteiger partial charge in [0.05, 0.1) is 36.6 Å². The molecule has 0 unspecified atom stereocenters. The van der Waals surface area contributed by atoms with E-state index in [4.69, 9.17) is 14.6 Å². The molecule has 8 nitrogen and oxygen atoms in total. The number of hydrogen-bond acceptors (Lipinski definition) is 6. The normalized spacial score (nSPS) is 15.5. The Morgan fingerprint density at radius 1 is 1.05 bits per heavy atom. The molecule has 2 amide bonds. The molecule has 2 atom stereocenters. The van der Waals surface area contributed by atoms with Gasteiger partial charge < -0.3 is 14.8 Å². The summed E-state index contributed by atoms with van der Waals surface area (Å²) in [5.74, 6) is 1.64. The van der Waals surface area contributed by atoms with Crippen molar-refractivity contribution in [1.29, 1.82) is 0 Å². The standard InChI is InChI=1S/C33H36N4O4S/c1-6-22(3)34-28(38)19-36-29(39)20-42-32(24-15-16-26(40-4)27(18-24)41-5)30-31(23-12-8-7-9-13-23)35-37(33(30)36)25-14-10-11-21(2)17-25/h7-18,22,32H,6,19-20H2,1-5H3,(H,34,38)/t22-,32-/m1/s1. The molecule has 0 bridgehead atoms. The monoisotopic (exact) mass is 584 g/mol. The highest BCUT2D eigenvalue weighted by molar-refractivity contribution is 8.00. The SMILES string of the molecule is CC[C@@H](C)NC(=O)CN1C(=O)CS[C@H](c2ccc(OC)c(OC)c2)c2c(-c3ccccc3)nn(-c3cccc(C)c3)c21. The molecule has 9 heteroatoms. The maximum Gasteiger partial charge on any atom is 0.240 e. The second kappa shape index (κ2) is 12.7. The first-order valence-corrected chi connectivity index (χ1v) is 15.1. The Kier molecular flexibility index (Phi) is 8.87. The van der Waals surface area contributed by atoms with Crippen LogP contribution in [-0.4, -0.2) is 54.2 Å². The Labute approximate surface area is 251 Å². The van der Waals surface area contributed by atoms with Crippen molar-refractivity contribution < 1.29 is 19.1 Å². The van der Waals surface area contributed by atoms with Crippen LogP contribution in [0.5, 0.6) is 11.5 Å². The van der Waals surface area contributed by atoms with E-state index in [0.29, 0.717) is 17.3 Å². The van der Waals surface area contributed by atoms with Crippen LogP contribution in [0.4, 0.5) is 5.82 Å². The van der Waals surface area contributed by atoms with Crippen LogP contribution in [0.1, 0.15) is 42.2 Å². The van der Waals surface area contributed by atoms with E-state index >= 15 is 0 Å². The van der Waals surface area contributed by atoms with E-state index in [1.54, 1.807) is 19.1 Å². The fourth-order valence-corrected chi connectivity index (χ4v) is 6.30. The first-order valence-electron chi connectivity index (χ1n) is 14.0. The van der Waals surface area contributed by atoms with Crippen LogP contribution in [0, 0.1) is 6.92 Å². The minimum atomic E-state index is -0.278. The van der Waals surface area contributed by atoms with Gasteiger partial charge in [-0.2, -0.15) is 5.10 Å². The summed E-state index contributed by atoms with van der Waals surface area (Å²) < 4.78 is 13.0. The summed E-state index contributed by atoms with van der Waals surface area (Å²) in [5.41, 5.74) is 5.35. The van der Waals surface area contributed by atoms with Crippen molar-refractivity contribution in [2.24, 2.45) is 0 Å². The summed E-state index contributed by atoms with van der Waals surface area (Å²) >= 11 is 1.52. The number of ether oxygens (including phenoxy) is 2. The highest BCUT2D eigenvalue weighted by atomic mass is 32.2. The third-order valence-electron chi connectivity index (χ3n) is 7.41. The lowest BCUT2D eigenvalue weighted by atomic mass is 9.99. The third-order valence-corrected chi connectivity index (χ3v) is 8.67. The second-order valence-corrected chi connectivity index (χ2v) is 11.5. The number of hydrogen-bond donors (Lipinski definition) is 1. The zero-order valence-corrected chi connectivity index (χ0v) is 25.4. The van der Waals surface area contributed by atoms with Crippen LogP contribution in [0.15, 0.2) is 72.8 Å². The van der Waals surface area contributed by atoms with E-state index in [0.717, 1.165) is 40.1 Å². The molecule has 0 radical (unpaired) electrons. The van der Waals surface area contributed by atoms with Gasteiger partial charge >= 0.3 is 0 Å². The van der Waals surface area contributed by atoms with Crippen molar-refractivity contribution >= 4 is 29.4 Å². The number of nitrogens with one attached hydrogen (secondary N) is 1. The van der Waals surface area contributed by atoms with Gasteiger partial charge in [0, 0.05) is 17.2 Å². The largest absolute Gasteiger partial charge is 0.493 e. The number of nitrogens with zero attached hydrogens (tertiary/aromatic N) is 3. The van der Waals surface area contributed by atoms with Gasteiger partial charge in [0.2, 0.25) is 11.8 Å². The fourth-order valence-electron chi connectivity index (χ4n) is 5.11. The molecule has 0 aliphatic carbocycles. The summed E-state index contributed by atoms with van der Waals surface area (Å²) in [7, 11) is 3.22. The van der Waals surface area contributed by atoms with Crippen molar-refractivity contribution in [2.45, 2.75) is 38.5 Å². The summed E-state index contributed by atoms with van der Waals surface area (Å²) in [6, 6.07) is 23.8.